The highest BCUT2D eigenvalue weighted by Gasteiger charge is 2.12. The molecule has 0 spiro atoms. The van der Waals surface area contributed by atoms with E-state index in [1.165, 1.54) is 32.1 Å². The van der Waals surface area contributed by atoms with Gasteiger partial charge in [0.25, 0.3) is 0 Å². The van der Waals surface area contributed by atoms with E-state index in [0.717, 1.165) is 11.4 Å². The van der Waals surface area contributed by atoms with E-state index in [-0.39, 0.29) is 0 Å². The Morgan fingerprint density at radius 1 is 1.14 bits per heavy atom. The lowest BCUT2D eigenvalue weighted by molar-refractivity contribution is 0.463. The Kier molecular flexibility index (Phi) is 2.92. The zero-order chi connectivity index (χ0) is 9.80. The Bertz CT molecular complexity index is 290. The molecule has 0 atom stereocenters. The largest absolute Gasteiger partial charge is 0.399 e. The SMILES string of the molecule is Nc1cccc(NC2CCCCC2)c1. The first-order valence-electron chi connectivity index (χ1n) is 5.47. The molecule has 76 valence electrons. The van der Waals surface area contributed by atoms with Crippen molar-refractivity contribution in [1.82, 2.24) is 0 Å². The van der Waals surface area contributed by atoms with Crippen LogP contribution in [0.2, 0.25) is 0 Å². The van der Waals surface area contributed by atoms with Crippen LogP contribution in [0, 0.1) is 0 Å². The van der Waals surface area contributed by atoms with E-state index in [1.807, 2.05) is 18.2 Å². The fourth-order valence-electron chi connectivity index (χ4n) is 2.11. The molecular formula is C12H18N2. The van der Waals surface area contributed by atoms with Gasteiger partial charge in [-0.3, -0.25) is 0 Å². The lowest BCUT2D eigenvalue weighted by atomic mass is 9.95. The molecule has 0 aromatic heterocycles. The molecule has 2 nitrogen and oxygen atoms in total. The van der Waals surface area contributed by atoms with Crippen molar-refractivity contribution in [2.24, 2.45) is 0 Å². The highest BCUT2D eigenvalue weighted by molar-refractivity contribution is 5.54. The molecule has 2 rings (SSSR count). The van der Waals surface area contributed by atoms with Gasteiger partial charge in [-0.25, -0.2) is 0 Å². The molecular weight excluding hydrogens is 172 g/mol. The van der Waals surface area contributed by atoms with Crippen LogP contribution in [0.5, 0.6) is 0 Å². The molecule has 2 heteroatoms. The van der Waals surface area contributed by atoms with Gasteiger partial charge in [-0.05, 0) is 31.0 Å². The first-order chi connectivity index (χ1) is 6.84. The molecule has 1 aliphatic rings. The van der Waals surface area contributed by atoms with Crippen LogP contribution >= 0.6 is 0 Å². The number of nitrogen functional groups attached to an aromatic ring is 1. The Balaban J connectivity index is 1.95. The second-order valence-electron chi connectivity index (χ2n) is 4.10. The number of anilines is 2. The summed E-state index contributed by atoms with van der Waals surface area (Å²) < 4.78 is 0. The van der Waals surface area contributed by atoms with E-state index >= 15 is 0 Å². The second-order valence-corrected chi connectivity index (χ2v) is 4.10. The average molecular weight is 190 g/mol. The highest BCUT2D eigenvalue weighted by Crippen LogP contribution is 2.22. The maximum Gasteiger partial charge on any atom is 0.0362 e. The summed E-state index contributed by atoms with van der Waals surface area (Å²) in [6.45, 7) is 0. The Hall–Kier alpha value is -1.18. The second kappa shape index (κ2) is 4.36. The molecule has 0 saturated heterocycles. The summed E-state index contributed by atoms with van der Waals surface area (Å²) in [5, 5.41) is 3.54. The van der Waals surface area contributed by atoms with Crippen molar-refractivity contribution in [1.29, 1.82) is 0 Å². The van der Waals surface area contributed by atoms with E-state index in [2.05, 4.69) is 11.4 Å². The molecule has 0 bridgehead atoms. The fraction of sp³-hybridized carbons (Fsp3) is 0.500. The first kappa shape index (κ1) is 9.38. The molecule has 0 heterocycles. The van der Waals surface area contributed by atoms with Crippen LogP contribution in [0.15, 0.2) is 24.3 Å². The predicted molar refractivity (Wildman–Crippen MR) is 61.4 cm³/mol. The van der Waals surface area contributed by atoms with Gasteiger partial charge in [0.2, 0.25) is 0 Å². The van der Waals surface area contributed by atoms with Crippen molar-refractivity contribution in [2.75, 3.05) is 11.1 Å². The molecule has 0 unspecified atom stereocenters. The van der Waals surface area contributed by atoms with Crippen LogP contribution in [-0.4, -0.2) is 6.04 Å². The van der Waals surface area contributed by atoms with Crippen LogP contribution in [0.25, 0.3) is 0 Å². The summed E-state index contributed by atoms with van der Waals surface area (Å²) in [6, 6.07) is 8.68. The normalized spacial score (nSPS) is 18.0. The quantitative estimate of drug-likeness (QED) is 0.703. The Labute approximate surface area is 85.5 Å². The molecule has 1 saturated carbocycles. The number of hydrogen-bond donors (Lipinski definition) is 2. The van der Waals surface area contributed by atoms with Crippen LogP contribution in [-0.2, 0) is 0 Å². The lowest BCUT2D eigenvalue weighted by Crippen LogP contribution is -2.22. The number of rotatable bonds is 2. The van der Waals surface area contributed by atoms with Gasteiger partial charge in [0.05, 0.1) is 0 Å². The standard InChI is InChI=1S/C12H18N2/c13-10-5-4-8-12(9-10)14-11-6-2-1-3-7-11/h4-5,8-9,11,14H,1-3,6-7,13H2. The molecule has 1 fully saturated rings. The van der Waals surface area contributed by atoms with E-state index < -0.39 is 0 Å². The van der Waals surface area contributed by atoms with Crippen LogP contribution in [0.3, 0.4) is 0 Å². The van der Waals surface area contributed by atoms with Crippen molar-refractivity contribution < 1.29 is 0 Å². The summed E-state index contributed by atoms with van der Waals surface area (Å²) in [5.74, 6) is 0. The fourth-order valence-corrected chi connectivity index (χ4v) is 2.11. The third kappa shape index (κ3) is 2.41. The molecule has 1 aromatic carbocycles. The number of nitrogens with two attached hydrogens (primary N) is 1. The Morgan fingerprint density at radius 2 is 1.93 bits per heavy atom. The predicted octanol–water partition coefficient (Wildman–Crippen LogP) is 3.01. The summed E-state index contributed by atoms with van der Waals surface area (Å²) in [5.41, 5.74) is 7.73. The minimum Gasteiger partial charge on any atom is -0.399 e. The van der Waals surface area contributed by atoms with E-state index in [0.29, 0.717) is 6.04 Å². The number of nitrogens with one attached hydrogen (secondary N) is 1. The van der Waals surface area contributed by atoms with E-state index in [1.54, 1.807) is 0 Å². The molecule has 0 radical (unpaired) electrons. The minimum atomic E-state index is 0.658. The third-order valence-electron chi connectivity index (χ3n) is 2.86. The van der Waals surface area contributed by atoms with Crippen LogP contribution < -0.4 is 11.1 Å². The molecule has 1 aliphatic carbocycles. The zero-order valence-corrected chi connectivity index (χ0v) is 8.50. The number of benzene rings is 1. The molecule has 0 aliphatic heterocycles. The molecule has 0 amide bonds. The van der Waals surface area contributed by atoms with Crippen LogP contribution in [0.4, 0.5) is 11.4 Å². The van der Waals surface area contributed by atoms with Gasteiger partial charge in [-0.15, -0.1) is 0 Å². The topological polar surface area (TPSA) is 38.0 Å². The van der Waals surface area contributed by atoms with Crippen molar-refractivity contribution in [3.05, 3.63) is 24.3 Å². The van der Waals surface area contributed by atoms with Crippen molar-refractivity contribution in [2.45, 2.75) is 38.1 Å². The van der Waals surface area contributed by atoms with Gasteiger partial charge in [0.15, 0.2) is 0 Å². The summed E-state index contributed by atoms with van der Waals surface area (Å²) in [6.07, 6.45) is 6.72. The monoisotopic (exact) mass is 190 g/mol. The van der Waals surface area contributed by atoms with Gasteiger partial charge in [-0.1, -0.05) is 25.3 Å². The van der Waals surface area contributed by atoms with Crippen molar-refractivity contribution in [3.8, 4) is 0 Å². The summed E-state index contributed by atoms with van der Waals surface area (Å²) >= 11 is 0. The van der Waals surface area contributed by atoms with Crippen LogP contribution in [0.1, 0.15) is 32.1 Å². The maximum absolute atomic E-state index is 5.72. The van der Waals surface area contributed by atoms with Gasteiger partial charge >= 0.3 is 0 Å². The molecule has 1 aromatic rings. The zero-order valence-electron chi connectivity index (χ0n) is 8.50. The van der Waals surface area contributed by atoms with Gasteiger partial charge < -0.3 is 11.1 Å². The van der Waals surface area contributed by atoms with E-state index in [9.17, 15) is 0 Å². The third-order valence-corrected chi connectivity index (χ3v) is 2.86. The first-order valence-corrected chi connectivity index (χ1v) is 5.47. The molecule has 3 N–H and O–H groups in total. The van der Waals surface area contributed by atoms with Gasteiger partial charge in [-0.2, -0.15) is 0 Å². The summed E-state index contributed by atoms with van der Waals surface area (Å²) in [7, 11) is 0. The van der Waals surface area contributed by atoms with E-state index in [4.69, 9.17) is 5.73 Å². The average Bonchev–Trinajstić information content (AvgIpc) is 2.19. The minimum absolute atomic E-state index is 0.658. The smallest absolute Gasteiger partial charge is 0.0362 e. The Morgan fingerprint density at radius 3 is 2.64 bits per heavy atom. The number of hydrogen-bond acceptors (Lipinski definition) is 2. The van der Waals surface area contributed by atoms with Crippen molar-refractivity contribution in [3.63, 3.8) is 0 Å². The lowest BCUT2D eigenvalue weighted by Gasteiger charge is -2.23. The van der Waals surface area contributed by atoms with Crippen molar-refractivity contribution >= 4 is 11.4 Å². The van der Waals surface area contributed by atoms with Gasteiger partial charge in [0.1, 0.15) is 0 Å². The van der Waals surface area contributed by atoms with Gasteiger partial charge in [0, 0.05) is 17.4 Å². The summed E-state index contributed by atoms with van der Waals surface area (Å²) in [4.78, 5) is 0. The molecule has 14 heavy (non-hydrogen) atoms. The highest BCUT2D eigenvalue weighted by atomic mass is 14.9. The maximum atomic E-state index is 5.72.